The number of nitrogens with zero attached hydrogens (tertiary/aromatic N) is 1. The van der Waals surface area contributed by atoms with Crippen molar-refractivity contribution in [2.75, 3.05) is 23.9 Å². The zero-order chi connectivity index (χ0) is 16.2. The highest BCUT2D eigenvalue weighted by Gasteiger charge is 2.24. The van der Waals surface area contributed by atoms with Crippen LogP contribution in [0.3, 0.4) is 0 Å². The number of nitrogens with one attached hydrogen (secondary N) is 1. The Labute approximate surface area is 134 Å². The molecule has 1 aliphatic rings. The quantitative estimate of drug-likeness (QED) is 0.921. The van der Waals surface area contributed by atoms with Crippen molar-refractivity contribution in [2.24, 2.45) is 0 Å². The summed E-state index contributed by atoms with van der Waals surface area (Å²) in [6.45, 7) is 0.983. The first-order chi connectivity index (χ1) is 11.2. The number of furan rings is 1. The number of methoxy groups -OCH3 is 1. The summed E-state index contributed by atoms with van der Waals surface area (Å²) in [6.07, 6.45) is 1.38. The molecule has 1 aromatic heterocycles. The molecule has 1 N–H and O–H groups in total. The number of para-hydroxylation sites is 2. The molecule has 0 spiro atoms. The molecule has 6 nitrogen and oxygen atoms in total. The van der Waals surface area contributed by atoms with E-state index in [-0.39, 0.29) is 17.6 Å². The monoisotopic (exact) mass is 314 g/mol. The van der Waals surface area contributed by atoms with E-state index < -0.39 is 0 Å². The molecule has 120 valence electrons. The van der Waals surface area contributed by atoms with Crippen LogP contribution in [0.1, 0.15) is 29.2 Å². The van der Waals surface area contributed by atoms with Gasteiger partial charge in [-0.1, -0.05) is 12.1 Å². The molecule has 0 bridgehead atoms. The van der Waals surface area contributed by atoms with Crippen LogP contribution in [0.25, 0.3) is 0 Å². The topological polar surface area (TPSA) is 71.8 Å². The molecule has 1 saturated heterocycles. The van der Waals surface area contributed by atoms with E-state index in [1.54, 1.807) is 30.2 Å². The summed E-state index contributed by atoms with van der Waals surface area (Å²) >= 11 is 0. The van der Waals surface area contributed by atoms with Gasteiger partial charge in [-0.25, -0.2) is 0 Å². The Kier molecular flexibility index (Phi) is 4.43. The predicted molar refractivity (Wildman–Crippen MR) is 85.4 cm³/mol. The maximum Gasteiger partial charge on any atom is 0.291 e. The molecule has 0 unspecified atom stereocenters. The summed E-state index contributed by atoms with van der Waals surface area (Å²) in [5.41, 5.74) is 1.31. The van der Waals surface area contributed by atoms with E-state index in [2.05, 4.69) is 5.32 Å². The number of hydrogen-bond donors (Lipinski definition) is 1. The highest BCUT2D eigenvalue weighted by atomic mass is 16.5. The first-order valence-corrected chi connectivity index (χ1v) is 7.47. The maximum absolute atomic E-state index is 12.3. The summed E-state index contributed by atoms with van der Waals surface area (Å²) in [7, 11) is 1.56. The van der Waals surface area contributed by atoms with Crippen molar-refractivity contribution >= 4 is 23.2 Å². The second-order valence-electron chi connectivity index (χ2n) is 5.32. The van der Waals surface area contributed by atoms with Gasteiger partial charge in [-0.05, 0) is 30.7 Å². The summed E-state index contributed by atoms with van der Waals surface area (Å²) < 4.78 is 10.4. The fourth-order valence-electron chi connectivity index (χ4n) is 2.62. The SMILES string of the molecule is COCc1ccc(C(=O)Nc2ccccc2N2CCCC2=O)o1. The molecule has 0 saturated carbocycles. The highest BCUT2D eigenvalue weighted by molar-refractivity contribution is 6.06. The lowest BCUT2D eigenvalue weighted by Crippen LogP contribution is -2.25. The molecule has 1 aliphatic heterocycles. The highest BCUT2D eigenvalue weighted by Crippen LogP contribution is 2.29. The van der Waals surface area contributed by atoms with Crippen molar-refractivity contribution in [1.29, 1.82) is 0 Å². The van der Waals surface area contributed by atoms with Crippen LogP contribution < -0.4 is 10.2 Å². The van der Waals surface area contributed by atoms with Gasteiger partial charge >= 0.3 is 0 Å². The van der Waals surface area contributed by atoms with Crippen LogP contribution >= 0.6 is 0 Å². The molecule has 23 heavy (non-hydrogen) atoms. The van der Waals surface area contributed by atoms with Gasteiger partial charge in [0.15, 0.2) is 5.76 Å². The molecular weight excluding hydrogens is 296 g/mol. The first kappa shape index (κ1) is 15.3. The molecule has 0 atom stereocenters. The zero-order valence-electron chi connectivity index (χ0n) is 12.9. The number of ether oxygens (including phenoxy) is 1. The van der Waals surface area contributed by atoms with E-state index >= 15 is 0 Å². The lowest BCUT2D eigenvalue weighted by Gasteiger charge is -2.19. The van der Waals surface area contributed by atoms with Gasteiger partial charge in [-0.15, -0.1) is 0 Å². The number of anilines is 2. The summed E-state index contributed by atoms with van der Waals surface area (Å²) in [4.78, 5) is 26.0. The smallest absolute Gasteiger partial charge is 0.291 e. The molecule has 6 heteroatoms. The molecule has 1 fully saturated rings. The van der Waals surface area contributed by atoms with Crippen LogP contribution in [0.2, 0.25) is 0 Å². The van der Waals surface area contributed by atoms with Crippen molar-refractivity contribution in [3.63, 3.8) is 0 Å². The Balaban J connectivity index is 1.79. The summed E-state index contributed by atoms with van der Waals surface area (Å²) in [6, 6.07) is 10.6. The Hall–Kier alpha value is -2.60. The molecular formula is C17H18N2O4. The average Bonchev–Trinajstić information content (AvgIpc) is 3.17. The van der Waals surface area contributed by atoms with Crippen molar-refractivity contribution in [2.45, 2.75) is 19.4 Å². The van der Waals surface area contributed by atoms with Gasteiger partial charge < -0.3 is 19.4 Å². The van der Waals surface area contributed by atoms with Crippen LogP contribution in [0.4, 0.5) is 11.4 Å². The van der Waals surface area contributed by atoms with Gasteiger partial charge in [0.1, 0.15) is 12.4 Å². The number of amides is 2. The summed E-state index contributed by atoms with van der Waals surface area (Å²) in [5.74, 6) is 0.513. The van der Waals surface area contributed by atoms with Crippen molar-refractivity contribution in [1.82, 2.24) is 0 Å². The van der Waals surface area contributed by atoms with Gasteiger partial charge in [0.25, 0.3) is 5.91 Å². The van der Waals surface area contributed by atoms with E-state index in [9.17, 15) is 9.59 Å². The van der Waals surface area contributed by atoms with Crippen molar-refractivity contribution in [3.8, 4) is 0 Å². The van der Waals surface area contributed by atoms with Gasteiger partial charge in [0, 0.05) is 20.1 Å². The van der Waals surface area contributed by atoms with Crippen LogP contribution in [-0.2, 0) is 16.1 Å². The van der Waals surface area contributed by atoms with E-state index in [1.807, 2.05) is 18.2 Å². The fraction of sp³-hybridized carbons (Fsp3) is 0.294. The van der Waals surface area contributed by atoms with Crippen LogP contribution in [-0.4, -0.2) is 25.5 Å². The number of carbonyl (C=O) groups is 2. The molecule has 2 heterocycles. The minimum atomic E-state index is -0.355. The third-order valence-corrected chi connectivity index (χ3v) is 3.69. The summed E-state index contributed by atoms with van der Waals surface area (Å²) in [5, 5.41) is 2.81. The molecule has 0 aliphatic carbocycles. The van der Waals surface area contributed by atoms with E-state index in [0.29, 0.717) is 36.7 Å². The fourth-order valence-corrected chi connectivity index (χ4v) is 2.62. The number of carbonyl (C=O) groups excluding carboxylic acids is 2. The van der Waals surface area contributed by atoms with E-state index in [0.717, 1.165) is 6.42 Å². The minimum Gasteiger partial charge on any atom is -0.453 e. The van der Waals surface area contributed by atoms with Crippen LogP contribution in [0.15, 0.2) is 40.8 Å². The Morgan fingerprint density at radius 3 is 2.87 bits per heavy atom. The van der Waals surface area contributed by atoms with E-state index in [1.165, 1.54) is 0 Å². The lowest BCUT2D eigenvalue weighted by atomic mass is 10.2. The second kappa shape index (κ2) is 6.66. The van der Waals surface area contributed by atoms with Gasteiger partial charge in [0.2, 0.25) is 5.91 Å². The molecule has 1 aromatic carbocycles. The van der Waals surface area contributed by atoms with Gasteiger partial charge in [-0.3, -0.25) is 9.59 Å². The molecule has 2 aromatic rings. The molecule has 2 amide bonds. The van der Waals surface area contributed by atoms with Crippen LogP contribution in [0.5, 0.6) is 0 Å². The Morgan fingerprint density at radius 1 is 1.30 bits per heavy atom. The van der Waals surface area contributed by atoms with E-state index in [4.69, 9.17) is 9.15 Å². The second-order valence-corrected chi connectivity index (χ2v) is 5.32. The minimum absolute atomic E-state index is 0.0760. The normalized spacial score (nSPS) is 14.3. The average molecular weight is 314 g/mol. The third-order valence-electron chi connectivity index (χ3n) is 3.69. The lowest BCUT2D eigenvalue weighted by molar-refractivity contribution is -0.117. The third kappa shape index (κ3) is 3.27. The van der Waals surface area contributed by atoms with Crippen molar-refractivity contribution < 1.29 is 18.7 Å². The largest absolute Gasteiger partial charge is 0.453 e. The predicted octanol–water partition coefficient (Wildman–Crippen LogP) is 2.81. The molecule has 3 rings (SSSR count). The number of rotatable bonds is 5. The van der Waals surface area contributed by atoms with Crippen LogP contribution in [0, 0.1) is 0 Å². The van der Waals surface area contributed by atoms with Gasteiger partial charge in [-0.2, -0.15) is 0 Å². The number of benzene rings is 1. The first-order valence-electron chi connectivity index (χ1n) is 7.47. The molecule has 0 radical (unpaired) electrons. The standard InChI is InChI=1S/C17H18N2O4/c1-22-11-12-8-9-15(23-12)17(21)18-13-5-2-3-6-14(13)19-10-4-7-16(19)20/h2-3,5-6,8-9H,4,7,10-11H2,1H3,(H,18,21). The zero-order valence-corrected chi connectivity index (χ0v) is 12.9. The maximum atomic E-state index is 12.3. The van der Waals surface area contributed by atoms with Crippen molar-refractivity contribution in [3.05, 3.63) is 47.9 Å². The van der Waals surface area contributed by atoms with Gasteiger partial charge in [0.05, 0.1) is 11.4 Å². The Bertz CT molecular complexity index is 723. The number of hydrogen-bond acceptors (Lipinski definition) is 4. The Morgan fingerprint density at radius 2 is 2.13 bits per heavy atom.